The molecule has 0 aliphatic carbocycles. The Morgan fingerprint density at radius 1 is 1.03 bits per heavy atom. The molecule has 8 heteroatoms. The second-order valence-electron chi connectivity index (χ2n) is 7.06. The van der Waals surface area contributed by atoms with Crippen molar-refractivity contribution < 1.29 is 23.1 Å². The highest BCUT2D eigenvalue weighted by Crippen LogP contribution is 2.22. The second kappa shape index (κ2) is 9.67. The van der Waals surface area contributed by atoms with Crippen molar-refractivity contribution in [1.82, 2.24) is 9.80 Å². The van der Waals surface area contributed by atoms with Gasteiger partial charge in [0.15, 0.2) is 0 Å². The van der Waals surface area contributed by atoms with Gasteiger partial charge in [0.2, 0.25) is 0 Å². The monoisotopic (exact) mass is 417 g/mol. The molecule has 1 aliphatic heterocycles. The van der Waals surface area contributed by atoms with Gasteiger partial charge in [0.25, 0.3) is 0 Å². The van der Waals surface area contributed by atoms with Crippen LogP contribution in [-0.2, 0) is 11.3 Å². The van der Waals surface area contributed by atoms with Crippen molar-refractivity contribution in [2.45, 2.75) is 13.5 Å². The third-order valence-corrected chi connectivity index (χ3v) is 5.26. The van der Waals surface area contributed by atoms with Crippen LogP contribution in [0.25, 0.3) is 0 Å². The molecule has 6 nitrogen and oxygen atoms in total. The molecule has 0 saturated carbocycles. The van der Waals surface area contributed by atoms with Crippen molar-refractivity contribution in [2.24, 2.45) is 0 Å². The predicted molar refractivity (Wildman–Crippen MR) is 109 cm³/mol. The summed E-state index contributed by atoms with van der Waals surface area (Å²) in [6.45, 7) is 5.60. The van der Waals surface area contributed by atoms with E-state index in [0.717, 1.165) is 25.7 Å². The summed E-state index contributed by atoms with van der Waals surface area (Å²) in [6, 6.07) is 9.26. The highest BCUT2D eigenvalue weighted by atomic mass is 19.1. The molecule has 2 aromatic rings. The topological polar surface area (TPSA) is 53.1 Å². The third kappa shape index (κ3) is 4.94. The Labute approximate surface area is 174 Å². The van der Waals surface area contributed by atoms with E-state index in [4.69, 9.17) is 0 Å². The maximum absolute atomic E-state index is 14.7. The van der Waals surface area contributed by atoms with Crippen molar-refractivity contribution in [3.05, 3.63) is 65.2 Å². The summed E-state index contributed by atoms with van der Waals surface area (Å²) in [5.41, 5.74) is 0.803. The summed E-state index contributed by atoms with van der Waals surface area (Å²) in [6.07, 6.45) is 0. The van der Waals surface area contributed by atoms with Gasteiger partial charge in [-0.1, -0.05) is 13.0 Å². The molecule has 3 rings (SSSR count). The number of benzene rings is 2. The summed E-state index contributed by atoms with van der Waals surface area (Å²) in [4.78, 5) is 30.3. The zero-order valence-electron chi connectivity index (χ0n) is 17.1. The molecule has 0 bridgehead atoms. The SMILES string of the molecule is CCN1CCN(C(=O)N(Cc2ccc(C(=O)OC)cc2F)c2ccc(F)cc2)CC1. The fourth-order valence-corrected chi connectivity index (χ4v) is 3.41. The first kappa shape index (κ1) is 21.7. The van der Waals surface area contributed by atoms with Crippen molar-refractivity contribution in [3.63, 3.8) is 0 Å². The quantitative estimate of drug-likeness (QED) is 0.699. The maximum atomic E-state index is 14.7. The van der Waals surface area contributed by atoms with Gasteiger partial charge in [0, 0.05) is 37.4 Å². The smallest absolute Gasteiger partial charge is 0.337 e. The largest absolute Gasteiger partial charge is 0.465 e. The highest BCUT2D eigenvalue weighted by Gasteiger charge is 2.27. The molecule has 0 radical (unpaired) electrons. The van der Waals surface area contributed by atoms with Crippen molar-refractivity contribution in [2.75, 3.05) is 44.7 Å². The van der Waals surface area contributed by atoms with E-state index < -0.39 is 17.6 Å². The number of carbonyl (C=O) groups excluding carboxylic acids is 2. The van der Waals surface area contributed by atoms with E-state index in [-0.39, 0.29) is 23.7 Å². The molecule has 0 unspecified atom stereocenters. The molecular weight excluding hydrogens is 392 g/mol. The minimum Gasteiger partial charge on any atom is -0.465 e. The average molecular weight is 417 g/mol. The molecule has 1 aliphatic rings. The van der Waals surface area contributed by atoms with Crippen molar-refractivity contribution >= 4 is 17.7 Å². The molecule has 30 heavy (non-hydrogen) atoms. The fourth-order valence-electron chi connectivity index (χ4n) is 3.41. The lowest BCUT2D eigenvalue weighted by Gasteiger charge is -2.37. The number of halogens is 2. The Morgan fingerprint density at radius 3 is 2.27 bits per heavy atom. The van der Waals surface area contributed by atoms with E-state index in [1.54, 1.807) is 4.90 Å². The Hall–Kier alpha value is -3.00. The molecule has 1 heterocycles. The van der Waals surface area contributed by atoms with E-state index in [1.165, 1.54) is 48.4 Å². The van der Waals surface area contributed by atoms with Gasteiger partial charge in [-0.05, 0) is 42.9 Å². The van der Waals surface area contributed by atoms with E-state index in [0.29, 0.717) is 18.8 Å². The molecule has 0 spiro atoms. The Kier molecular flexibility index (Phi) is 6.99. The lowest BCUT2D eigenvalue weighted by molar-refractivity contribution is 0.0600. The van der Waals surface area contributed by atoms with Crippen molar-refractivity contribution in [1.29, 1.82) is 0 Å². The summed E-state index contributed by atoms with van der Waals surface area (Å²) in [5.74, 6) is -1.68. The zero-order valence-corrected chi connectivity index (χ0v) is 17.1. The maximum Gasteiger partial charge on any atom is 0.337 e. The summed E-state index contributed by atoms with van der Waals surface area (Å²) in [7, 11) is 1.22. The molecule has 1 fully saturated rings. The first-order chi connectivity index (χ1) is 14.4. The molecule has 0 aromatic heterocycles. The number of esters is 1. The number of anilines is 1. The lowest BCUT2D eigenvalue weighted by atomic mass is 10.1. The van der Waals surface area contributed by atoms with Crippen LogP contribution in [0.3, 0.4) is 0 Å². The summed E-state index contributed by atoms with van der Waals surface area (Å²) < 4.78 is 32.7. The first-order valence-electron chi connectivity index (χ1n) is 9.84. The molecule has 160 valence electrons. The summed E-state index contributed by atoms with van der Waals surface area (Å²) >= 11 is 0. The molecule has 1 saturated heterocycles. The van der Waals surface area contributed by atoms with Gasteiger partial charge in [0.1, 0.15) is 11.6 Å². The number of hydrogen-bond acceptors (Lipinski definition) is 4. The number of methoxy groups -OCH3 is 1. The number of piperazine rings is 1. The van der Waals surface area contributed by atoms with Gasteiger partial charge >= 0.3 is 12.0 Å². The number of nitrogens with zero attached hydrogens (tertiary/aromatic N) is 3. The van der Waals surface area contributed by atoms with E-state index in [2.05, 4.69) is 16.6 Å². The predicted octanol–water partition coefficient (Wildman–Crippen LogP) is 3.52. The first-order valence-corrected chi connectivity index (χ1v) is 9.84. The van der Waals surface area contributed by atoms with E-state index in [9.17, 15) is 18.4 Å². The highest BCUT2D eigenvalue weighted by molar-refractivity contribution is 5.92. The van der Waals surface area contributed by atoms with Crippen LogP contribution < -0.4 is 4.90 Å². The van der Waals surface area contributed by atoms with Crippen molar-refractivity contribution in [3.8, 4) is 0 Å². The van der Waals surface area contributed by atoms with Crippen LogP contribution in [0.1, 0.15) is 22.8 Å². The number of urea groups is 1. The molecule has 0 atom stereocenters. The minimum atomic E-state index is -0.638. The molecular formula is C22H25F2N3O3. The van der Waals surface area contributed by atoms with Gasteiger partial charge in [-0.25, -0.2) is 18.4 Å². The van der Waals surface area contributed by atoms with Crippen LogP contribution >= 0.6 is 0 Å². The van der Waals surface area contributed by atoms with Crippen LogP contribution in [0, 0.1) is 11.6 Å². The normalized spacial score (nSPS) is 14.5. The second-order valence-corrected chi connectivity index (χ2v) is 7.06. The van der Waals surface area contributed by atoms with Crippen LogP contribution in [0.5, 0.6) is 0 Å². The van der Waals surface area contributed by atoms with Gasteiger partial charge in [-0.15, -0.1) is 0 Å². The Morgan fingerprint density at radius 2 is 1.70 bits per heavy atom. The Bertz CT molecular complexity index is 897. The number of likely N-dealkylation sites (N-methyl/N-ethyl adjacent to an activating group) is 1. The number of ether oxygens (including phenoxy) is 1. The van der Waals surface area contributed by atoms with Gasteiger partial charge in [0.05, 0.1) is 19.2 Å². The van der Waals surface area contributed by atoms with Crippen LogP contribution in [0.4, 0.5) is 19.3 Å². The minimum absolute atomic E-state index is 0.0499. The van der Waals surface area contributed by atoms with E-state index in [1.807, 2.05) is 0 Å². The summed E-state index contributed by atoms with van der Waals surface area (Å²) in [5, 5.41) is 0. The molecule has 2 aromatic carbocycles. The van der Waals surface area contributed by atoms with Crippen LogP contribution in [0.15, 0.2) is 42.5 Å². The fraction of sp³-hybridized carbons (Fsp3) is 0.364. The zero-order chi connectivity index (χ0) is 21.7. The number of rotatable bonds is 5. The van der Waals surface area contributed by atoms with Gasteiger partial charge in [-0.2, -0.15) is 0 Å². The van der Waals surface area contributed by atoms with Crippen LogP contribution in [-0.4, -0.2) is 61.6 Å². The van der Waals surface area contributed by atoms with Gasteiger partial charge < -0.3 is 14.5 Å². The molecule has 2 amide bonds. The molecule has 0 N–H and O–H groups in total. The van der Waals surface area contributed by atoms with Crippen LogP contribution in [0.2, 0.25) is 0 Å². The third-order valence-electron chi connectivity index (χ3n) is 5.26. The lowest BCUT2D eigenvalue weighted by Crippen LogP contribution is -2.52. The van der Waals surface area contributed by atoms with Gasteiger partial charge in [-0.3, -0.25) is 4.90 Å². The Balaban J connectivity index is 1.86. The standard InChI is InChI=1S/C22H25F2N3O3/c1-3-25-10-12-26(13-11-25)22(29)27(19-8-6-18(23)7-9-19)15-17-5-4-16(14-20(17)24)21(28)30-2/h4-9,14H,3,10-13,15H2,1-2H3. The number of amides is 2. The number of hydrogen-bond donors (Lipinski definition) is 0. The van der Waals surface area contributed by atoms with E-state index >= 15 is 0 Å². The average Bonchev–Trinajstić information content (AvgIpc) is 2.78. The number of carbonyl (C=O) groups is 2.